The number of hydrogen-bond donors (Lipinski definition) is 0. The van der Waals surface area contributed by atoms with Crippen molar-refractivity contribution in [2.75, 3.05) is 37.8 Å². The lowest BCUT2D eigenvalue weighted by Gasteiger charge is -2.34. The molecule has 5 nitrogen and oxygen atoms in total. The average molecular weight is 414 g/mol. The van der Waals surface area contributed by atoms with Crippen molar-refractivity contribution in [1.82, 2.24) is 9.97 Å². The smallest absolute Gasteiger partial charge is 0.141 e. The van der Waals surface area contributed by atoms with E-state index < -0.39 is 0 Å². The lowest BCUT2D eigenvalue weighted by molar-refractivity contribution is 0.0131. The predicted molar refractivity (Wildman–Crippen MR) is 116 cm³/mol. The fraction of sp³-hybridized carbons (Fsp3) is 0.739. The molecule has 1 unspecified atom stereocenters. The lowest BCUT2D eigenvalue weighted by atomic mass is 9.96. The Hall–Kier alpha value is -1.24. The monoisotopic (exact) mass is 413 g/mol. The van der Waals surface area contributed by atoms with Gasteiger partial charge in [-0.25, -0.2) is 9.97 Å². The van der Waals surface area contributed by atoms with E-state index in [4.69, 9.17) is 19.4 Å². The molecule has 1 saturated carbocycles. The molecule has 0 N–H and O–H groups in total. The Morgan fingerprint density at radius 2 is 1.90 bits per heavy atom. The third-order valence-electron chi connectivity index (χ3n) is 7.09. The highest BCUT2D eigenvalue weighted by Crippen LogP contribution is 2.44. The molecular weight excluding hydrogens is 382 g/mol. The first-order valence-electron chi connectivity index (χ1n) is 11.6. The minimum Gasteiger partial charge on any atom is -0.381 e. The highest BCUT2D eigenvalue weighted by atomic mass is 32.1. The van der Waals surface area contributed by atoms with E-state index in [1.807, 2.05) is 11.3 Å². The standard InChI is InChI=1S/C23H31N3O2S/c1-2-4-19-18(3-1)20-22(24-21(16-5-6-16)25-23(20)29-19)26-10-7-17(8-11-26)28-14-15-9-12-27-13-15/h15-17H,1-14H2. The van der Waals surface area contributed by atoms with Crippen LogP contribution in [0.1, 0.15) is 67.1 Å². The first-order valence-corrected chi connectivity index (χ1v) is 12.4. The molecule has 156 valence electrons. The third kappa shape index (κ3) is 3.68. The van der Waals surface area contributed by atoms with Crippen molar-refractivity contribution < 1.29 is 9.47 Å². The van der Waals surface area contributed by atoms with Crippen LogP contribution in [0.15, 0.2) is 0 Å². The summed E-state index contributed by atoms with van der Waals surface area (Å²) in [4.78, 5) is 15.6. The molecular formula is C23H31N3O2S. The molecule has 2 aliphatic carbocycles. The maximum atomic E-state index is 6.25. The molecule has 29 heavy (non-hydrogen) atoms. The fourth-order valence-electron chi connectivity index (χ4n) is 5.13. The maximum Gasteiger partial charge on any atom is 0.141 e. The zero-order valence-corrected chi connectivity index (χ0v) is 18.0. The van der Waals surface area contributed by atoms with Crippen molar-refractivity contribution in [3.63, 3.8) is 0 Å². The number of anilines is 1. The van der Waals surface area contributed by atoms with Gasteiger partial charge in [-0.15, -0.1) is 11.3 Å². The van der Waals surface area contributed by atoms with Gasteiger partial charge in [-0.2, -0.15) is 0 Å². The summed E-state index contributed by atoms with van der Waals surface area (Å²) in [5, 5.41) is 1.39. The molecule has 0 aromatic carbocycles. The summed E-state index contributed by atoms with van der Waals surface area (Å²) < 4.78 is 11.7. The number of nitrogens with zero attached hydrogens (tertiary/aromatic N) is 3. The average Bonchev–Trinajstić information content (AvgIpc) is 3.35. The van der Waals surface area contributed by atoms with E-state index >= 15 is 0 Å². The molecule has 2 aromatic rings. The van der Waals surface area contributed by atoms with E-state index in [1.54, 1.807) is 10.4 Å². The molecule has 0 radical (unpaired) electrons. The molecule has 4 aliphatic rings. The topological polar surface area (TPSA) is 47.5 Å². The lowest BCUT2D eigenvalue weighted by Crippen LogP contribution is -2.38. The van der Waals surface area contributed by atoms with Gasteiger partial charge in [-0.3, -0.25) is 0 Å². The molecule has 0 bridgehead atoms. The minimum atomic E-state index is 0.392. The van der Waals surface area contributed by atoms with Gasteiger partial charge in [0.1, 0.15) is 16.5 Å². The summed E-state index contributed by atoms with van der Waals surface area (Å²) in [5.74, 6) is 3.55. The molecule has 3 fully saturated rings. The molecule has 4 heterocycles. The second-order valence-corrected chi connectivity index (χ2v) is 10.4. The number of rotatable bonds is 5. The van der Waals surface area contributed by atoms with Crippen LogP contribution in [0.25, 0.3) is 10.2 Å². The summed E-state index contributed by atoms with van der Waals surface area (Å²) in [6, 6.07) is 0. The van der Waals surface area contributed by atoms with Crippen LogP contribution in [0.3, 0.4) is 0 Å². The van der Waals surface area contributed by atoms with E-state index in [2.05, 4.69) is 4.90 Å². The van der Waals surface area contributed by atoms with Crippen LogP contribution >= 0.6 is 11.3 Å². The van der Waals surface area contributed by atoms with Gasteiger partial charge in [0.15, 0.2) is 0 Å². The number of aromatic nitrogens is 2. The summed E-state index contributed by atoms with van der Waals surface area (Å²) >= 11 is 1.95. The Morgan fingerprint density at radius 3 is 2.69 bits per heavy atom. The van der Waals surface area contributed by atoms with Crippen LogP contribution in [0.4, 0.5) is 5.82 Å². The summed E-state index contributed by atoms with van der Waals surface area (Å²) in [5.41, 5.74) is 1.56. The normalized spacial score (nSPS) is 25.7. The first-order chi connectivity index (χ1) is 14.3. The van der Waals surface area contributed by atoms with Gasteiger partial charge in [-0.1, -0.05) is 0 Å². The number of ether oxygens (including phenoxy) is 2. The SMILES string of the molecule is C1CCc2c(sc3nc(C4CC4)nc(N4CCC(OCC5CCOC5)CC4)c23)C1. The first kappa shape index (κ1) is 18.5. The zero-order chi connectivity index (χ0) is 19.2. The van der Waals surface area contributed by atoms with Crippen LogP contribution in [0, 0.1) is 5.92 Å². The molecule has 1 atom stereocenters. The van der Waals surface area contributed by atoms with E-state index in [0.29, 0.717) is 17.9 Å². The molecule has 0 spiro atoms. The molecule has 2 saturated heterocycles. The highest BCUT2D eigenvalue weighted by Gasteiger charge is 2.32. The number of thiophene rings is 1. The van der Waals surface area contributed by atoms with Gasteiger partial charge < -0.3 is 14.4 Å². The van der Waals surface area contributed by atoms with Gasteiger partial charge in [-0.05, 0) is 63.4 Å². The number of fused-ring (bicyclic) bond motifs is 3. The molecule has 6 rings (SSSR count). The molecule has 2 aromatic heterocycles. The summed E-state index contributed by atoms with van der Waals surface area (Å²) in [6.07, 6.45) is 11.3. The third-order valence-corrected chi connectivity index (χ3v) is 8.27. The second kappa shape index (κ2) is 7.78. The van der Waals surface area contributed by atoms with Crippen molar-refractivity contribution >= 4 is 27.4 Å². The Labute approximate surface area is 176 Å². The van der Waals surface area contributed by atoms with Crippen molar-refractivity contribution in [2.24, 2.45) is 5.92 Å². The molecule has 0 amide bonds. The van der Waals surface area contributed by atoms with Crippen LogP contribution in [0.2, 0.25) is 0 Å². The van der Waals surface area contributed by atoms with Crippen molar-refractivity contribution in [2.45, 2.75) is 69.8 Å². The fourth-order valence-corrected chi connectivity index (χ4v) is 6.39. The van der Waals surface area contributed by atoms with Crippen molar-refractivity contribution in [3.8, 4) is 0 Å². The van der Waals surface area contributed by atoms with Crippen molar-refractivity contribution in [3.05, 3.63) is 16.3 Å². The van der Waals surface area contributed by atoms with Gasteiger partial charge in [0.25, 0.3) is 0 Å². The predicted octanol–water partition coefficient (Wildman–Crippen LogP) is 4.47. The number of piperidine rings is 1. The number of aryl methyl sites for hydroxylation is 2. The van der Waals surface area contributed by atoms with E-state index in [-0.39, 0.29) is 0 Å². The Bertz CT molecular complexity index is 880. The summed E-state index contributed by atoms with van der Waals surface area (Å²) in [7, 11) is 0. The number of hydrogen-bond acceptors (Lipinski definition) is 6. The molecule has 6 heteroatoms. The highest BCUT2D eigenvalue weighted by molar-refractivity contribution is 7.19. The minimum absolute atomic E-state index is 0.392. The van der Waals surface area contributed by atoms with Crippen molar-refractivity contribution in [1.29, 1.82) is 0 Å². The second-order valence-electron chi connectivity index (χ2n) is 9.32. The maximum absolute atomic E-state index is 6.25. The Morgan fingerprint density at radius 1 is 1.03 bits per heavy atom. The van der Waals surface area contributed by atoms with Gasteiger partial charge in [0, 0.05) is 36.4 Å². The van der Waals surface area contributed by atoms with E-state index in [9.17, 15) is 0 Å². The largest absolute Gasteiger partial charge is 0.381 e. The molecule has 2 aliphatic heterocycles. The van der Waals surface area contributed by atoms with Crippen LogP contribution in [0.5, 0.6) is 0 Å². The van der Waals surface area contributed by atoms with Gasteiger partial charge >= 0.3 is 0 Å². The van der Waals surface area contributed by atoms with Gasteiger partial charge in [0.2, 0.25) is 0 Å². The quantitative estimate of drug-likeness (QED) is 0.724. The van der Waals surface area contributed by atoms with E-state index in [1.165, 1.54) is 54.6 Å². The van der Waals surface area contributed by atoms with Crippen LogP contribution in [-0.4, -0.2) is 49.0 Å². The van der Waals surface area contributed by atoms with E-state index in [0.717, 1.165) is 58.0 Å². The zero-order valence-electron chi connectivity index (χ0n) is 17.2. The summed E-state index contributed by atoms with van der Waals surface area (Å²) in [6.45, 7) is 4.75. The van der Waals surface area contributed by atoms with Crippen LogP contribution in [-0.2, 0) is 22.3 Å². The Kier molecular flexibility index (Phi) is 4.97. The van der Waals surface area contributed by atoms with Crippen LogP contribution < -0.4 is 4.90 Å². The Balaban J connectivity index is 1.23. The van der Waals surface area contributed by atoms with Gasteiger partial charge in [0.05, 0.1) is 24.7 Å².